The number of para-hydroxylation sites is 1. The summed E-state index contributed by atoms with van der Waals surface area (Å²) in [7, 11) is 0. The minimum absolute atomic E-state index is 0.110. The van der Waals surface area contributed by atoms with Gasteiger partial charge in [0.1, 0.15) is 5.01 Å². The lowest BCUT2D eigenvalue weighted by molar-refractivity contribution is -0.137. The number of aliphatic carboxylic acids is 1. The first-order valence-electron chi connectivity index (χ1n) is 7.77. The zero-order chi connectivity index (χ0) is 17.8. The van der Waals surface area contributed by atoms with E-state index >= 15 is 0 Å². The minimum atomic E-state index is -0.806. The highest BCUT2D eigenvalue weighted by Crippen LogP contribution is 2.34. The molecule has 0 fully saturated rings. The summed E-state index contributed by atoms with van der Waals surface area (Å²) in [6, 6.07) is 13.3. The topological polar surface area (TPSA) is 50.2 Å². The molecule has 25 heavy (non-hydrogen) atoms. The lowest BCUT2D eigenvalue weighted by atomic mass is 10.1. The first-order valence-corrected chi connectivity index (χ1v) is 9.34. The van der Waals surface area contributed by atoms with E-state index in [1.807, 2.05) is 30.3 Å². The highest BCUT2D eigenvalue weighted by molar-refractivity contribution is 7.19. The van der Waals surface area contributed by atoms with Crippen LogP contribution in [0.5, 0.6) is 0 Å². The maximum atomic E-state index is 10.9. The number of rotatable bonds is 6. The Labute approximate surface area is 159 Å². The van der Waals surface area contributed by atoms with Crippen molar-refractivity contribution in [3.8, 4) is 0 Å². The van der Waals surface area contributed by atoms with Crippen LogP contribution in [0.1, 0.15) is 29.8 Å². The fourth-order valence-electron chi connectivity index (χ4n) is 2.50. The highest BCUT2D eigenvalue weighted by atomic mass is 35.5. The Bertz CT molecular complexity index is 896. The van der Waals surface area contributed by atoms with Crippen LogP contribution in [0.3, 0.4) is 0 Å². The van der Waals surface area contributed by atoms with E-state index < -0.39 is 5.97 Å². The van der Waals surface area contributed by atoms with Gasteiger partial charge in [-0.05, 0) is 48.8 Å². The van der Waals surface area contributed by atoms with Crippen molar-refractivity contribution in [2.75, 3.05) is 0 Å². The third kappa shape index (κ3) is 4.40. The Morgan fingerprint density at radius 1 is 1.08 bits per heavy atom. The summed E-state index contributed by atoms with van der Waals surface area (Å²) in [6.07, 6.45) is 3.15. The van der Waals surface area contributed by atoms with Crippen LogP contribution in [-0.4, -0.2) is 16.1 Å². The molecule has 0 amide bonds. The Morgan fingerprint density at radius 3 is 2.48 bits per heavy atom. The summed E-state index contributed by atoms with van der Waals surface area (Å²) in [6.45, 7) is 0. The summed E-state index contributed by atoms with van der Waals surface area (Å²) < 4.78 is 1.09. The molecule has 2 aromatic carbocycles. The van der Waals surface area contributed by atoms with Crippen molar-refractivity contribution in [2.45, 2.75) is 19.3 Å². The van der Waals surface area contributed by atoms with E-state index in [1.165, 1.54) is 0 Å². The summed E-state index contributed by atoms with van der Waals surface area (Å²) in [4.78, 5) is 15.5. The number of allylic oxidation sites excluding steroid dienone is 1. The van der Waals surface area contributed by atoms with E-state index in [2.05, 4.69) is 4.98 Å². The van der Waals surface area contributed by atoms with Crippen LogP contribution in [-0.2, 0) is 4.79 Å². The van der Waals surface area contributed by atoms with Gasteiger partial charge in [-0.15, -0.1) is 11.3 Å². The standard InChI is InChI=1S/C19H15Cl2NO2S/c20-14-6-4-7-15(21)13(14)11-12(5-3-10-18(23)24)19-22-16-8-1-2-9-17(16)25-19/h1-2,4,6-9,11H,3,5,10H2,(H,23,24)/b12-11+. The molecule has 3 rings (SSSR count). The molecule has 0 saturated carbocycles. The molecule has 0 saturated heterocycles. The highest BCUT2D eigenvalue weighted by Gasteiger charge is 2.12. The first kappa shape index (κ1) is 17.9. The van der Waals surface area contributed by atoms with Crippen molar-refractivity contribution in [1.29, 1.82) is 0 Å². The van der Waals surface area contributed by atoms with Gasteiger partial charge in [0.15, 0.2) is 0 Å². The molecule has 1 N–H and O–H groups in total. The van der Waals surface area contributed by atoms with Crippen LogP contribution in [0, 0.1) is 0 Å². The fraction of sp³-hybridized carbons (Fsp3) is 0.158. The smallest absolute Gasteiger partial charge is 0.303 e. The Morgan fingerprint density at radius 2 is 1.80 bits per heavy atom. The first-order chi connectivity index (χ1) is 12.0. The molecule has 128 valence electrons. The molecule has 1 aromatic heterocycles. The Balaban J connectivity index is 2.02. The number of halogens is 2. The van der Waals surface area contributed by atoms with Crippen molar-refractivity contribution in [1.82, 2.24) is 4.98 Å². The van der Waals surface area contributed by atoms with E-state index in [0.717, 1.165) is 26.4 Å². The van der Waals surface area contributed by atoms with Crippen LogP contribution >= 0.6 is 34.5 Å². The maximum Gasteiger partial charge on any atom is 0.303 e. The third-order valence-electron chi connectivity index (χ3n) is 3.72. The van der Waals surface area contributed by atoms with Crippen LogP contribution < -0.4 is 0 Å². The zero-order valence-corrected chi connectivity index (χ0v) is 15.5. The second-order valence-corrected chi connectivity index (χ2v) is 7.38. The van der Waals surface area contributed by atoms with Gasteiger partial charge in [-0.2, -0.15) is 0 Å². The second-order valence-electron chi connectivity index (χ2n) is 5.54. The van der Waals surface area contributed by atoms with Gasteiger partial charge in [-0.25, -0.2) is 4.98 Å². The number of carboxylic acid groups (broad SMARTS) is 1. The van der Waals surface area contributed by atoms with Gasteiger partial charge >= 0.3 is 5.97 Å². The molecule has 0 bridgehead atoms. The number of thiazole rings is 1. The molecule has 3 nitrogen and oxygen atoms in total. The van der Waals surface area contributed by atoms with Crippen molar-refractivity contribution >= 4 is 62.4 Å². The molecule has 3 aromatic rings. The summed E-state index contributed by atoms with van der Waals surface area (Å²) in [5.41, 5.74) is 2.60. The van der Waals surface area contributed by atoms with Crippen LogP contribution in [0.4, 0.5) is 0 Å². The van der Waals surface area contributed by atoms with Crippen molar-refractivity contribution in [3.63, 3.8) is 0 Å². The SMILES string of the molecule is O=C(O)CCC/C(=C\c1c(Cl)cccc1Cl)c1nc2ccccc2s1. The molecule has 0 spiro atoms. The molecule has 0 aliphatic carbocycles. The normalized spacial score (nSPS) is 11.8. The maximum absolute atomic E-state index is 10.9. The molecule has 0 atom stereocenters. The Hall–Kier alpha value is -1.88. The Kier molecular flexibility index (Phi) is 5.74. The van der Waals surface area contributed by atoms with Crippen LogP contribution in [0.2, 0.25) is 10.0 Å². The van der Waals surface area contributed by atoms with E-state index in [4.69, 9.17) is 28.3 Å². The number of hydrogen-bond donors (Lipinski definition) is 1. The van der Waals surface area contributed by atoms with Crippen molar-refractivity contribution < 1.29 is 9.90 Å². The molecule has 6 heteroatoms. The summed E-state index contributed by atoms with van der Waals surface area (Å²) in [5, 5.41) is 10.9. The molecule has 0 aliphatic heterocycles. The van der Waals surface area contributed by atoms with Gasteiger partial charge in [-0.3, -0.25) is 4.79 Å². The van der Waals surface area contributed by atoms with Gasteiger partial charge in [-0.1, -0.05) is 41.4 Å². The molecular formula is C19H15Cl2NO2S. The number of carboxylic acids is 1. The molecule has 0 radical (unpaired) electrons. The number of hydrogen-bond acceptors (Lipinski definition) is 3. The number of carbonyl (C=O) groups is 1. The van der Waals surface area contributed by atoms with Gasteiger partial charge < -0.3 is 5.11 Å². The lowest BCUT2D eigenvalue weighted by Crippen LogP contribution is -1.95. The number of benzene rings is 2. The van der Waals surface area contributed by atoms with Crippen LogP contribution in [0.25, 0.3) is 21.9 Å². The van der Waals surface area contributed by atoms with Crippen LogP contribution in [0.15, 0.2) is 42.5 Å². The number of fused-ring (bicyclic) bond motifs is 1. The van der Waals surface area contributed by atoms with Crippen molar-refractivity contribution in [3.05, 3.63) is 63.1 Å². The summed E-state index contributed by atoms with van der Waals surface area (Å²) in [5.74, 6) is -0.806. The third-order valence-corrected chi connectivity index (χ3v) is 5.49. The van der Waals surface area contributed by atoms with E-state index in [1.54, 1.807) is 29.5 Å². The summed E-state index contributed by atoms with van der Waals surface area (Å²) >= 11 is 14.2. The van der Waals surface area contributed by atoms with Gasteiger partial charge in [0.25, 0.3) is 0 Å². The second kappa shape index (κ2) is 8.00. The molecule has 0 unspecified atom stereocenters. The average Bonchev–Trinajstić information content (AvgIpc) is 3.00. The fourth-order valence-corrected chi connectivity index (χ4v) is 4.02. The zero-order valence-electron chi connectivity index (χ0n) is 13.2. The minimum Gasteiger partial charge on any atom is -0.481 e. The average molecular weight is 392 g/mol. The molecule has 1 heterocycles. The predicted molar refractivity (Wildman–Crippen MR) is 105 cm³/mol. The van der Waals surface area contributed by atoms with Gasteiger partial charge in [0.2, 0.25) is 0 Å². The van der Waals surface area contributed by atoms with Crippen molar-refractivity contribution in [2.24, 2.45) is 0 Å². The largest absolute Gasteiger partial charge is 0.481 e. The van der Waals surface area contributed by atoms with E-state index in [-0.39, 0.29) is 6.42 Å². The van der Waals surface area contributed by atoms with E-state index in [0.29, 0.717) is 22.9 Å². The lowest BCUT2D eigenvalue weighted by Gasteiger charge is -2.07. The molecule has 0 aliphatic rings. The van der Waals surface area contributed by atoms with Gasteiger partial charge in [0, 0.05) is 22.0 Å². The number of aromatic nitrogens is 1. The molecular weight excluding hydrogens is 377 g/mol. The monoisotopic (exact) mass is 391 g/mol. The predicted octanol–water partition coefficient (Wildman–Crippen LogP) is 6.40. The van der Waals surface area contributed by atoms with Gasteiger partial charge in [0.05, 0.1) is 10.2 Å². The van der Waals surface area contributed by atoms with E-state index in [9.17, 15) is 4.79 Å². The quantitative estimate of drug-likeness (QED) is 0.528. The number of nitrogens with zero attached hydrogens (tertiary/aromatic N) is 1.